The van der Waals surface area contributed by atoms with E-state index < -0.39 is 0 Å². The molecule has 0 spiro atoms. The van der Waals surface area contributed by atoms with Gasteiger partial charge >= 0.3 is 0 Å². The SMILES string of the molecule is Cc1ncc(Br)c(=O)n1Cc1cncn1C1CC1. The van der Waals surface area contributed by atoms with Crippen LogP contribution in [0.25, 0.3) is 0 Å². The van der Waals surface area contributed by atoms with Gasteiger partial charge < -0.3 is 4.57 Å². The van der Waals surface area contributed by atoms with Crippen molar-refractivity contribution < 1.29 is 0 Å². The van der Waals surface area contributed by atoms with Gasteiger partial charge in [0.05, 0.1) is 18.6 Å². The number of hydrogen-bond donors (Lipinski definition) is 0. The van der Waals surface area contributed by atoms with Crippen LogP contribution in [0.15, 0.2) is 28.0 Å². The number of hydrogen-bond acceptors (Lipinski definition) is 3. The number of halogens is 1. The summed E-state index contributed by atoms with van der Waals surface area (Å²) in [4.78, 5) is 20.4. The maximum absolute atomic E-state index is 12.1. The highest BCUT2D eigenvalue weighted by Gasteiger charge is 2.25. The van der Waals surface area contributed by atoms with Crippen LogP contribution in [0.2, 0.25) is 0 Å². The van der Waals surface area contributed by atoms with Gasteiger partial charge in [-0.2, -0.15) is 0 Å². The molecule has 1 fully saturated rings. The minimum atomic E-state index is -0.0500. The monoisotopic (exact) mass is 308 g/mol. The molecule has 1 saturated carbocycles. The summed E-state index contributed by atoms with van der Waals surface area (Å²) < 4.78 is 4.32. The Bertz CT molecular complexity index is 642. The Morgan fingerprint density at radius 3 is 2.94 bits per heavy atom. The van der Waals surface area contributed by atoms with E-state index in [0.717, 1.165) is 5.69 Å². The molecule has 0 aliphatic heterocycles. The topological polar surface area (TPSA) is 52.7 Å². The van der Waals surface area contributed by atoms with Gasteiger partial charge in [-0.25, -0.2) is 9.97 Å². The van der Waals surface area contributed by atoms with Crippen molar-refractivity contribution in [2.45, 2.75) is 32.4 Å². The maximum atomic E-state index is 12.1. The predicted octanol–water partition coefficient (Wildman–Crippen LogP) is 1.89. The van der Waals surface area contributed by atoms with Crippen LogP contribution < -0.4 is 5.56 Å². The first-order chi connectivity index (χ1) is 8.66. The van der Waals surface area contributed by atoms with E-state index in [2.05, 4.69) is 30.5 Å². The number of aromatic nitrogens is 4. The van der Waals surface area contributed by atoms with Crippen LogP contribution in [0.4, 0.5) is 0 Å². The third-order valence-electron chi connectivity index (χ3n) is 3.21. The zero-order valence-electron chi connectivity index (χ0n) is 10.0. The highest BCUT2D eigenvalue weighted by molar-refractivity contribution is 9.10. The van der Waals surface area contributed by atoms with Crippen molar-refractivity contribution in [3.63, 3.8) is 0 Å². The Kier molecular flexibility index (Phi) is 2.81. The molecule has 2 aromatic rings. The van der Waals surface area contributed by atoms with Crippen molar-refractivity contribution in [1.29, 1.82) is 0 Å². The van der Waals surface area contributed by atoms with E-state index >= 15 is 0 Å². The second-order valence-corrected chi connectivity index (χ2v) is 5.42. The Morgan fingerprint density at radius 1 is 1.44 bits per heavy atom. The smallest absolute Gasteiger partial charge is 0.268 e. The molecule has 0 saturated heterocycles. The first-order valence-corrected chi connectivity index (χ1v) is 6.69. The van der Waals surface area contributed by atoms with Crippen molar-refractivity contribution in [3.8, 4) is 0 Å². The van der Waals surface area contributed by atoms with Gasteiger partial charge in [-0.1, -0.05) is 0 Å². The van der Waals surface area contributed by atoms with Crippen molar-refractivity contribution in [1.82, 2.24) is 19.1 Å². The molecular formula is C12H13BrN4O. The van der Waals surface area contributed by atoms with Gasteiger partial charge in [-0.3, -0.25) is 9.36 Å². The molecule has 0 radical (unpaired) electrons. The fraction of sp³-hybridized carbons (Fsp3) is 0.417. The molecule has 0 bridgehead atoms. The van der Waals surface area contributed by atoms with Crippen LogP contribution in [0.5, 0.6) is 0 Å². The van der Waals surface area contributed by atoms with Crippen LogP contribution in [-0.2, 0) is 6.54 Å². The van der Waals surface area contributed by atoms with Crippen molar-refractivity contribution in [2.24, 2.45) is 0 Å². The Balaban J connectivity index is 1.99. The number of aryl methyl sites for hydroxylation is 1. The fourth-order valence-corrected chi connectivity index (χ4v) is 2.35. The van der Waals surface area contributed by atoms with Crippen LogP contribution >= 0.6 is 15.9 Å². The van der Waals surface area contributed by atoms with Crippen LogP contribution in [0, 0.1) is 6.92 Å². The summed E-state index contributed by atoms with van der Waals surface area (Å²) in [5, 5.41) is 0. The number of nitrogens with zero attached hydrogens (tertiary/aromatic N) is 4. The summed E-state index contributed by atoms with van der Waals surface area (Å²) in [6.45, 7) is 2.36. The minimum absolute atomic E-state index is 0.0500. The maximum Gasteiger partial charge on any atom is 0.268 e. The lowest BCUT2D eigenvalue weighted by molar-refractivity contribution is 0.622. The summed E-state index contributed by atoms with van der Waals surface area (Å²) in [6, 6.07) is 0.568. The quantitative estimate of drug-likeness (QED) is 0.870. The molecule has 0 aromatic carbocycles. The molecule has 1 aliphatic rings. The van der Waals surface area contributed by atoms with Gasteiger partial charge in [0.2, 0.25) is 0 Å². The average molecular weight is 309 g/mol. The summed E-state index contributed by atoms with van der Waals surface area (Å²) in [6.07, 6.45) is 7.62. The minimum Gasteiger partial charge on any atom is -0.330 e. The van der Waals surface area contributed by atoms with Gasteiger partial charge in [0.15, 0.2) is 0 Å². The second-order valence-electron chi connectivity index (χ2n) is 4.57. The Hall–Kier alpha value is -1.43. The molecule has 1 aliphatic carbocycles. The summed E-state index contributed by atoms with van der Waals surface area (Å²) in [7, 11) is 0. The van der Waals surface area contributed by atoms with E-state index in [4.69, 9.17) is 0 Å². The van der Waals surface area contributed by atoms with Gasteiger partial charge in [-0.15, -0.1) is 0 Å². The number of rotatable bonds is 3. The van der Waals surface area contributed by atoms with Crippen LogP contribution in [0.1, 0.15) is 30.4 Å². The van der Waals surface area contributed by atoms with Crippen molar-refractivity contribution in [3.05, 3.63) is 45.1 Å². The summed E-state index contributed by atoms with van der Waals surface area (Å²) in [5.74, 6) is 0.715. The fourth-order valence-electron chi connectivity index (χ4n) is 2.04. The zero-order chi connectivity index (χ0) is 12.7. The van der Waals surface area contributed by atoms with E-state index in [-0.39, 0.29) is 5.56 Å². The molecule has 6 heteroatoms. The first-order valence-electron chi connectivity index (χ1n) is 5.89. The molecule has 2 aromatic heterocycles. The van der Waals surface area contributed by atoms with E-state index in [1.165, 1.54) is 12.8 Å². The van der Waals surface area contributed by atoms with Gasteiger partial charge in [0.1, 0.15) is 10.3 Å². The molecule has 2 heterocycles. The largest absolute Gasteiger partial charge is 0.330 e. The van der Waals surface area contributed by atoms with E-state index in [1.54, 1.807) is 10.8 Å². The third-order valence-corrected chi connectivity index (χ3v) is 3.76. The lowest BCUT2D eigenvalue weighted by atomic mass is 10.4. The van der Waals surface area contributed by atoms with E-state index in [1.807, 2.05) is 19.4 Å². The Morgan fingerprint density at radius 2 is 2.22 bits per heavy atom. The van der Waals surface area contributed by atoms with E-state index in [0.29, 0.717) is 22.9 Å². The van der Waals surface area contributed by atoms with Gasteiger partial charge in [-0.05, 0) is 35.7 Å². The Labute approximate surface area is 113 Å². The predicted molar refractivity (Wildman–Crippen MR) is 70.5 cm³/mol. The highest BCUT2D eigenvalue weighted by atomic mass is 79.9. The van der Waals surface area contributed by atoms with Crippen molar-refractivity contribution >= 4 is 15.9 Å². The molecule has 3 rings (SSSR count). The molecule has 0 amide bonds. The lowest BCUT2D eigenvalue weighted by Crippen LogP contribution is -2.25. The van der Waals surface area contributed by atoms with E-state index in [9.17, 15) is 4.79 Å². The molecule has 94 valence electrons. The number of imidazole rings is 1. The third kappa shape index (κ3) is 2.01. The lowest BCUT2D eigenvalue weighted by Gasteiger charge is -2.11. The molecular weight excluding hydrogens is 296 g/mol. The summed E-state index contributed by atoms with van der Waals surface area (Å²) in [5.41, 5.74) is 1.01. The highest BCUT2D eigenvalue weighted by Crippen LogP contribution is 2.35. The molecule has 0 N–H and O–H groups in total. The molecule has 5 nitrogen and oxygen atoms in total. The molecule has 0 unspecified atom stereocenters. The zero-order valence-corrected chi connectivity index (χ0v) is 11.6. The van der Waals surface area contributed by atoms with Gasteiger partial charge in [0, 0.05) is 18.4 Å². The summed E-state index contributed by atoms with van der Waals surface area (Å²) >= 11 is 3.23. The van der Waals surface area contributed by atoms with Crippen LogP contribution in [-0.4, -0.2) is 19.1 Å². The van der Waals surface area contributed by atoms with Gasteiger partial charge in [0.25, 0.3) is 5.56 Å². The van der Waals surface area contributed by atoms with Crippen LogP contribution in [0.3, 0.4) is 0 Å². The standard InChI is InChI=1S/C12H13BrN4O/c1-8-15-5-11(13)12(18)16(8)6-10-4-14-7-17(10)9-2-3-9/h4-5,7,9H,2-3,6H2,1H3. The molecule has 0 atom stereocenters. The normalized spacial score (nSPS) is 15.0. The van der Waals surface area contributed by atoms with Crippen molar-refractivity contribution in [2.75, 3.05) is 0 Å². The molecule has 18 heavy (non-hydrogen) atoms. The second kappa shape index (κ2) is 4.35. The first kappa shape index (κ1) is 11.6. The average Bonchev–Trinajstić information content (AvgIpc) is 3.10.